The first-order chi connectivity index (χ1) is 11.3. The van der Waals surface area contributed by atoms with Crippen LogP contribution in [-0.2, 0) is 0 Å². The van der Waals surface area contributed by atoms with Crippen LogP contribution in [0.15, 0.2) is 29.4 Å². The Morgan fingerprint density at radius 3 is 2.91 bits per heavy atom. The molecule has 0 unspecified atom stereocenters. The van der Waals surface area contributed by atoms with E-state index in [0.717, 1.165) is 55.1 Å². The Labute approximate surface area is 139 Å². The van der Waals surface area contributed by atoms with Crippen molar-refractivity contribution in [3.05, 3.63) is 35.0 Å². The third kappa shape index (κ3) is 3.20. The van der Waals surface area contributed by atoms with Crippen LogP contribution in [0.5, 0.6) is 0 Å². The van der Waals surface area contributed by atoms with Gasteiger partial charge in [-0.1, -0.05) is 6.07 Å². The highest BCUT2D eigenvalue weighted by Crippen LogP contribution is 2.28. The second kappa shape index (κ2) is 6.47. The van der Waals surface area contributed by atoms with Crippen molar-refractivity contribution in [3.8, 4) is 0 Å². The number of aromatic nitrogens is 2. The molecule has 2 aromatic rings. The van der Waals surface area contributed by atoms with Gasteiger partial charge in [0.2, 0.25) is 0 Å². The average Bonchev–Trinajstić information content (AvgIpc) is 3.08. The van der Waals surface area contributed by atoms with Crippen molar-refractivity contribution < 1.29 is 5.11 Å². The van der Waals surface area contributed by atoms with E-state index in [-0.39, 0.29) is 6.10 Å². The van der Waals surface area contributed by atoms with Crippen molar-refractivity contribution >= 4 is 34.6 Å². The van der Waals surface area contributed by atoms with Gasteiger partial charge in [0, 0.05) is 35.8 Å². The molecule has 0 aliphatic carbocycles. The summed E-state index contributed by atoms with van der Waals surface area (Å²) >= 11 is 1.86. The topological polar surface area (TPSA) is 61.3 Å². The molecule has 0 atom stereocenters. The highest BCUT2D eigenvalue weighted by molar-refractivity contribution is 8.03. The number of benzene rings is 1. The number of nitrogens with one attached hydrogen (secondary N) is 1. The molecular weight excluding hydrogens is 308 g/mol. The van der Waals surface area contributed by atoms with Gasteiger partial charge in [-0.05, 0) is 36.6 Å². The molecule has 2 fully saturated rings. The number of nitrogens with zero attached hydrogens (tertiary/aromatic N) is 3. The van der Waals surface area contributed by atoms with Crippen molar-refractivity contribution in [2.24, 2.45) is 0 Å². The minimum absolute atomic E-state index is 0.175. The smallest absolute Gasteiger partial charge is 0.139 e. The van der Waals surface area contributed by atoms with E-state index in [9.17, 15) is 5.11 Å². The van der Waals surface area contributed by atoms with Crippen molar-refractivity contribution in [2.75, 3.05) is 30.4 Å². The van der Waals surface area contributed by atoms with E-state index >= 15 is 0 Å². The van der Waals surface area contributed by atoms with Gasteiger partial charge >= 0.3 is 0 Å². The molecule has 2 aliphatic heterocycles. The van der Waals surface area contributed by atoms with Crippen LogP contribution in [0, 0.1) is 0 Å². The first kappa shape index (κ1) is 14.9. The Bertz CT molecular complexity index is 732. The molecule has 6 heteroatoms. The number of fused-ring (bicyclic) bond motifs is 1. The summed E-state index contributed by atoms with van der Waals surface area (Å²) in [5.41, 5.74) is 2.16. The Kier molecular flexibility index (Phi) is 4.20. The van der Waals surface area contributed by atoms with Crippen LogP contribution in [0.3, 0.4) is 0 Å². The molecule has 0 amide bonds. The van der Waals surface area contributed by atoms with E-state index in [4.69, 9.17) is 0 Å². The largest absolute Gasteiger partial charge is 0.393 e. The highest BCUT2D eigenvalue weighted by Gasteiger charge is 2.20. The van der Waals surface area contributed by atoms with Gasteiger partial charge in [-0.3, -0.25) is 0 Å². The van der Waals surface area contributed by atoms with Crippen molar-refractivity contribution in [2.45, 2.75) is 18.9 Å². The normalized spacial score (nSPS) is 21.4. The van der Waals surface area contributed by atoms with E-state index in [1.807, 2.05) is 11.8 Å². The molecular formula is C17H20N4OS. The minimum Gasteiger partial charge on any atom is -0.393 e. The van der Waals surface area contributed by atoms with Gasteiger partial charge in [0.05, 0.1) is 11.6 Å². The number of aliphatic hydroxyl groups excluding tert-OH is 1. The van der Waals surface area contributed by atoms with Crippen molar-refractivity contribution in [1.82, 2.24) is 15.3 Å². The molecule has 0 radical (unpaired) electrons. The summed E-state index contributed by atoms with van der Waals surface area (Å²) in [6.45, 7) is 2.64. The number of anilines is 1. The number of thioether (sulfide) groups is 1. The van der Waals surface area contributed by atoms with Gasteiger partial charge in [0.15, 0.2) is 0 Å². The van der Waals surface area contributed by atoms with Gasteiger partial charge in [-0.2, -0.15) is 0 Å². The van der Waals surface area contributed by atoms with Crippen LogP contribution in [0.2, 0.25) is 0 Å². The number of hydrogen-bond acceptors (Lipinski definition) is 6. The quantitative estimate of drug-likeness (QED) is 0.881. The molecule has 23 heavy (non-hydrogen) atoms. The predicted octanol–water partition coefficient (Wildman–Crippen LogP) is 2.23. The molecule has 4 rings (SSSR count). The molecule has 2 N–H and O–H groups in total. The second-order valence-electron chi connectivity index (χ2n) is 6.02. The molecule has 1 aromatic heterocycles. The lowest BCUT2D eigenvalue weighted by molar-refractivity contribution is 0.145. The summed E-state index contributed by atoms with van der Waals surface area (Å²) in [5.74, 6) is 1.98. The minimum atomic E-state index is -0.175. The maximum atomic E-state index is 9.72. The summed E-state index contributed by atoms with van der Waals surface area (Å²) in [6, 6.07) is 6.37. The molecule has 0 spiro atoms. The van der Waals surface area contributed by atoms with Crippen LogP contribution in [-0.4, -0.2) is 46.7 Å². The van der Waals surface area contributed by atoms with E-state index in [1.165, 1.54) is 10.5 Å². The third-order valence-corrected chi connectivity index (χ3v) is 5.37. The zero-order valence-electron chi connectivity index (χ0n) is 12.9. The van der Waals surface area contributed by atoms with Crippen LogP contribution >= 0.6 is 11.8 Å². The van der Waals surface area contributed by atoms with Gasteiger partial charge in [0.1, 0.15) is 12.1 Å². The first-order valence-electron chi connectivity index (χ1n) is 8.01. The zero-order chi connectivity index (χ0) is 15.6. The molecule has 120 valence electrons. The SMILES string of the molecule is OC1CCN(c2ncnc3ccc(C=C4CNCS4)cc23)CC1. The van der Waals surface area contributed by atoms with Gasteiger partial charge in [-0.25, -0.2) is 9.97 Å². The summed E-state index contributed by atoms with van der Waals surface area (Å²) in [7, 11) is 0. The fourth-order valence-electron chi connectivity index (χ4n) is 3.13. The Morgan fingerprint density at radius 2 is 2.13 bits per heavy atom. The van der Waals surface area contributed by atoms with Crippen LogP contribution in [0.1, 0.15) is 18.4 Å². The standard InChI is InChI=1S/C17H20N4OS/c22-13-3-5-21(6-4-13)17-15-8-12(7-14-9-18-11-23-14)1-2-16(15)19-10-20-17/h1-2,7-8,10,13,18,22H,3-6,9,11H2. The number of piperidine rings is 1. The summed E-state index contributed by atoms with van der Waals surface area (Å²) in [5, 5.41) is 14.1. The molecule has 1 aromatic carbocycles. The highest BCUT2D eigenvalue weighted by atomic mass is 32.2. The molecule has 2 aliphatic rings. The summed E-state index contributed by atoms with van der Waals surface area (Å²) in [6.07, 6.45) is 5.31. The lowest BCUT2D eigenvalue weighted by atomic mass is 10.1. The van der Waals surface area contributed by atoms with Crippen LogP contribution < -0.4 is 10.2 Å². The fraction of sp³-hybridized carbons (Fsp3) is 0.412. The van der Waals surface area contributed by atoms with E-state index in [2.05, 4.69) is 44.5 Å². The van der Waals surface area contributed by atoms with Crippen LogP contribution in [0.25, 0.3) is 17.0 Å². The van der Waals surface area contributed by atoms with Gasteiger partial charge in [0.25, 0.3) is 0 Å². The van der Waals surface area contributed by atoms with Crippen molar-refractivity contribution in [3.63, 3.8) is 0 Å². The Morgan fingerprint density at radius 1 is 1.26 bits per heavy atom. The van der Waals surface area contributed by atoms with E-state index < -0.39 is 0 Å². The van der Waals surface area contributed by atoms with Gasteiger partial charge in [-0.15, -0.1) is 11.8 Å². The number of aliphatic hydroxyl groups is 1. The lowest BCUT2D eigenvalue weighted by Crippen LogP contribution is -2.36. The van der Waals surface area contributed by atoms with E-state index in [0.29, 0.717) is 0 Å². The predicted molar refractivity (Wildman–Crippen MR) is 95.4 cm³/mol. The van der Waals surface area contributed by atoms with Crippen LogP contribution in [0.4, 0.5) is 5.82 Å². The average molecular weight is 328 g/mol. The van der Waals surface area contributed by atoms with E-state index in [1.54, 1.807) is 6.33 Å². The number of rotatable bonds is 2. The summed E-state index contributed by atoms with van der Waals surface area (Å²) < 4.78 is 0. The monoisotopic (exact) mass is 328 g/mol. The van der Waals surface area contributed by atoms with Crippen molar-refractivity contribution in [1.29, 1.82) is 0 Å². The Hall–Kier alpha value is -1.63. The maximum Gasteiger partial charge on any atom is 0.139 e. The number of hydrogen-bond donors (Lipinski definition) is 2. The second-order valence-corrected chi connectivity index (χ2v) is 7.12. The zero-order valence-corrected chi connectivity index (χ0v) is 13.7. The molecule has 2 saturated heterocycles. The summed E-state index contributed by atoms with van der Waals surface area (Å²) in [4.78, 5) is 12.6. The first-order valence-corrected chi connectivity index (χ1v) is 9.00. The van der Waals surface area contributed by atoms with Gasteiger partial charge < -0.3 is 15.3 Å². The molecule has 3 heterocycles. The Balaban J connectivity index is 1.71. The third-order valence-electron chi connectivity index (χ3n) is 4.39. The molecule has 0 bridgehead atoms. The fourth-order valence-corrected chi connectivity index (χ4v) is 3.94. The molecule has 0 saturated carbocycles. The lowest BCUT2D eigenvalue weighted by Gasteiger charge is -2.31. The maximum absolute atomic E-state index is 9.72. The molecule has 5 nitrogen and oxygen atoms in total.